The number of benzene rings is 2. The smallest absolute Gasteiger partial charge is 0.0842 e. The van der Waals surface area contributed by atoms with Crippen molar-refractivity contribution >= 4 is 17.3 Å². The standard InChI is InChI=1S/C9H11N.C7H5Cl/c1-7-6-8-4-2-3-5-9(8)10-7;8-7-5-3-1-2-4-6(5)7/h2-5,7,10H,6H2,1H3;1-4,7H. The van der Waals surface area contributed by atoms with Crippen LogP contribution in [0.3, 0.4) is 0 Å². The summed E-state index contributed by atoms with van der Waals surface area (Å²) in [5.74, 6) is 0. The summed E-state index contributed by atoms with van der Waals surface area (Å²) in [6.45, 7) is 2.21. The Morgan fingerprint density at radius 2 is 1.61 bits per heavy atom. The molecule has 1 nitrogen and oxygen atoms in total. The third-order valence-electron chi connectivity index (χ3n) is 3.40. The van der Waals surface area contributed by atoms with Gasteiger partial charge in [-0.3, -0.25) is 0 Å². The lowest BCUT2D eigenvalue weighted by atomic mass is 10.1. The number of hydrogen-bond acceptors (Lipinski definition) is 1. The van der Waals surface area contributed by atoms with Crippen LogP contribution in [-0.4, -0.2) is 6.04 Å². The summed E-state index contributed by atoms with van der Waals surface area (Å²) < 4.78 is 0. The molecule has 0 saturated heterocycles. The highest BCUT2D eigenvalue weighted by Crippen LogP contribution is 2.45. The molecular weight excluding hydrogens is 242 g/mol. The molecule has 2 heteroatoms. The fourth-order valence-electron chi connectivity index (χ4n) is 2.39. The van der Waals surface area contributed by atoms with Crippen LogP contribution in [0.5, 0.6) is 0 Å². The zero-order valence-corrected chi connectivity index (χ0v) is 11.1. The van der Waals surface area contributed by atoms with Crippen molar-refractivity contribution in [3.63, 3.8) is 0 Å². The predicted octanol–water partition coefficient (Wildman–Crippen LogP) is 4.37. The Kier molecular flexibility index (Phi) is 3.00. The topological polar surface area (TPSA) is 12.0 Å². The third kappa shape index (κ3) is 2.23. The normalized spacial score (nSPS) is 19.1. The van der Waals surface area contributed by atoms with Gasteiger partial charge in [0.05, 0.1) is 5.38 Å². The average molecular weight is 258 g/mol. The maximum absolute atomic E-state index is 5.78. The molecule has 0 amide bonds. The molecule has 92 valence electrons. The number of nitrogens with one attached hydrogen (secondary N) is 1. The van der Waals surface area contributed by atoms with E-state index < -0.39 is 0 Å². The monoisotopic (exact) mass is 257 g/mol. The fourth-order valence-corrected chi connectivity index (χ4v) is 2.73. The second-order valence-electron chi connectivity index (χ2n) is 4.90. The second-order valence-corrected chi connectivity index (χ2v) is 5.33. The van der Waals surface area contributed by atoms with Gasteiger partial charge in [-0.05, 0) is 36.1 Å². The van der Waals surface area contributed by atoms with Crippen LogP contribution in [-0.2, 0) is 6.42 Å². The van der Waals surface area contributed by atoms with Gasteiger partial charge in [0.1, 0.15) is 0 Å². The first-order chi connectivity index (χ1) is 8.75. The number of para-hydroxylation sites is 1. The first-order valence-electron chi connectivity index (χ1n) is 6.33. The van der Waals surface area contributed by atoms with E-state index in [1.54, 1.807) is 0 Å². The Labute approximate surface area is 113 Å². The van der Waals surface area contributed by atoms with Gasteiger partial charge in [0.15, 0.2) is 0 Å². The van der Waals surface area contributed by atoms with E-state index in [-0.39, 0.29) is 5.38 Å². The van der Waals surface area contributed by atoms with Crippen molar-refractivity contribution in [1.82, 2.24) is 0 Å². The number of rotatable bonds is 0. The highest BCUT2D eigenvalue weighted by atomic mass is 35.5. The van der Waals surface area contributed by atoms with Crippen molar-refractivity contribution < 1.29 is 0 Å². The maximum Gasteiger partial charge on any atom is 0.0842 e. The lowest BCUT2D eigenvalue weighted by Crippen LogP contribution is -2.08. The van der Waals surface area contributed by atoms with Crippen LogP contribution >= 0.6 is 11.6 Å². The molecule has 2 aromatic carbocycles. The zero-order chi connectivity index (χ0) is 12.5. The molecule has 1 heterocycles. The van der Waals surface area contributed by atoms with Gasteiger partial charge in [-0.1, -0.05) is 42.5 Å². The molecule has 0 spiro atoms. The van der Waals surface area contributed by atoms with Crippen molar-refractivity contribution in [3.8, 4) is 0 Å². The van der Waals surface area contributed by atoms with E-state index in [1.165, 1.54) is 28.8 Å². The minimum atomic E-state index is 0.241. The van der Waals surface area contributed by atoms with Gasteiger partial charge in [0.25, 0.3) is 0 Å². The summed E-state index contributed by atoms with van der Waals surface area (Å²) in [7, 11) is 0. The van der Waals surface area contributed by atoms with Crippen molar-refractivity contribution in [2.45, 2.75) is 24.8 Å². The Bertz CT molecular complexity index is 517. The van der Waals surface area contributed by atoms with Gasteiger partial charge >= 0.3 is 0 Å². The van der Waals surface area contributed by atoms with Gasteiger partial charge in [0, 0.05) is 11.7 Å². The molecule has 1 aliphatic heterocycles. The molecule has 4 rings (SSSR count). The first-order valence-corrected chi connectivity index (χ1v) is 6.76. The second kappa shape index (κ2) is 4.66. The Hall–Kier alpha value is -1.47. The van der Waals surface area contributed by atoms with Crippen LogP contribution in [0.25, 0.3) is 0 Å². The first kappa shape index (κ1) is 11.6. The molecule has 0 aromatic heterocycles. The number of fused-ring (bicyclic) bond motifs is 2. The molecule has 1 atom stereocenters. The van der Waals surface area contributed by atoms with E-state index in [9.17, 15) is 0 Å². The molecule has 0 radical (unpaired) electrons. The highest BCUT2D eigenvalue weighted by molar-refractivity contribution is 6.26. The number of alkyl halides is 1. The molecule has 1 unspecified atom stereocenters. The van der Waals surface area contributed by atoms with E-state index in [0.29, 0.717) is 6.04 Å². The maximum atomic E-state index is 5.78. The largest absolute Gasteiger partial charge is 0.382 e. The SMILES string of the molecule is CC1Cc2ccccc2N1.ClC1c2ccccc21. The van der Waals surface area contributed by atoms with Gasteiger partial charge in [-0.2, -0.15) is 0 Å². The minimum absolute atomic E-state index is 0.241. The van der Waals surface area contributed by atoms with Gasteiger partial charge in [-0.25, -0.2) is 0 Å². The lowest BCUT2D eigenvalue weighted by molar-refractivity contribution is 0.839. The summed E-state index contributed by atoms with van der Waals surface area (Å²) in [5.41, 5.74) is 5.37. The average Bonchev–Trinajstić information content (AvgIpc) is 2.89. The number of hydrogen-bond donors (Lipinski definition) is 1. The fraction of sp³-hybridized carbons (Fsp3) is 0.250. The van der Waals surface area contributed by atoms with Crippen LogP contribution in [0.15, 0.2) is 48.5 Å². The van der Waals surface area contributed by atoms with Gasteiger partial charge in [0.2, 0.25) is 0 Å². The van der Waals surface area contributed by atoms with Crippen molar-refractivity contribution in [1.29, 1.82) is 0 Å². The Morgan fingerprint density at radius 1 is 1.00 bits per heavy atom. The Morgan fingerprint density at radius 3 is 2.22 bits per heavy atom. The summed E-state index contributed by atoms with van der Waals surface area (Å²) in [4.78, 5) is 0. The lowest BCUT2D eigenvalue weighted by Gasteiger charge is -2.00. The summed E-state index contributed by atoms with van der Waals surface area (Å²) in [6, 6.07) is 17.3. The van der Waals surface area contributed by atoms with Crippen molar-refractivity contribution in [3.05, 3.63) is 65.2 Å². The molecule has 2 aliphatic rings. The number of halogens is 1. The van der Waals surface area contributed by atoms with E-state index in [1.807, 2.05) is 12.1 Å². The summed E-state index contributed by atoms with van der Waals surface area (Å²) in [6.07, 6.45) is 1.18. The van der Waals surface area contributed by atoms with E-state index >= 15 is 0 Å². The van der Waals surface area contributed by atoms with E-state index in [2.05, 4.69) is 48.6 Å². The quantitative estimate of drug-likeness (QED) is 0.691. The van der Waals surface area contributed by atoms with E-state index in [4.69, 9.17) is 11.6 Å². The molecule has 0 fully saturated rings. The summed E-state index contributed by atoms with van der Waals surface area (Å²) >= 11 is 5.78. The predicted molar refractivity (Wildman–Crippen MR) is 77.4 cm³/mol. The van der Waals surface area contributed by atoms with Crippen LogP contribution in [0.2, 0.25) is 0 Å². The molecule has 2 aromatic rings. The minimum Gasteiger partial charge on any atom is -0.382 e. The Balaban J connectivity index is 0.000000114. The number of anilines is 1. The van der Waals surface area contributed by atoms with Gasteiger partial charge < -0.3 is 5.32 Å². The molecule has 1 N–H and O–H groups in total. The van der Waals surface area contributed by atoms with Crippen molar-refractivity contribution in [2.24, 2.45) is 0 Å². The molecule has 0 bridgehead atoms. The van der Waals surface area contributed by atoms with E-state index in [0.717, 1.165) is 0 Å². The molecule has 1 aliphatic carbocycles. The zero-order valence-electron chi connectivity index (χ0n) is 10.4. The van der Waals surface area contributed by atoms with Crippen LogP contribution in [0.4, 0.5) is 5.69 Å². The van der Waals surface area contributed by atoms with Crippen LogP contribution in [0, 0.1) is 0 Å². The van der Waals surface area contributed by atoms with Crippen LogP contribution < -0.4 is 5.32 Å². The van der Waals surface area contributed by atoms with Crippen LogP contribution in [0.1, 0.15) is 29.0 Å². The highest BCUT2D eigenvalue weighted by Gasteiger charge is 2.28. The molecule has 0 saturated carbocycles. The molecular formula is C16H16ClN. The van der Waals surface area contributed by atoms with Crippen molar-refractivity contribution in [2.75, 3.05) is 5.32 Å². The molecule has 18 heavy (non-hydrogen) atoms. The summed E-state index contributed by atoms with van der Waals surface area (Å²) in [5, 5.41) is 3.64. The van der Waals surface area contributed by atoms with Gasteiger partial charge in [-0.15, -0.1) is 11.6 Å². The third-order valence-corrected chi connectivity index (χ3v) is 3.87.